The van der Waals surface area contributed by atoms with Crippen LogP contribution in [0.2, 0.25) is 10.0 Å². The standard InChI is InChI=1S/C31H34Cl2N2O3/c32-25-15-17-28(18-16-25)38-19-7-14-30(36)35(22-24-10-6-11-26(33)20-24)29(21-23-8-2-1-3-9-23)31(37)34-27-12-4-5-13-27/h1-3,6,8-11,15-18,20,27,29H,4-5,7,12-14,19,21-22H2,(H,34,37)/t29-/m0/s1. The smallest absolute Gasteiger partial charge is 0.243 e. The van der Waals surface area contributed by atoms with Crippen LogP contribution in [0, 0.1) is 0 Å². The average Bonchev–Trinajstić information content (AvgIpc) is 3.43. The molecule has 0 bridgehead atoms. The Kier molecular flexibility index (Phi) is 10.5. The van der Waals surface area contributed by atoms with Crippen LogP contribution in [0.5, 0.6) is 5.75 Å². The molecule has 5 nitrogen and oxygen atoms in total. The summed E-state index contributed by atoms with van der Waals surface area (Å²) in [6.45, 7) is 0.684. The fraction of sp³-hybridized carbons (Fsp3) is 0.355. The van der Waals surface area contributed by atoms with Crippen LogP contribution < -0.4 is 10.1 Å². The third-order valence-electron chi connectivity index (χ3n) is 6.83. The molecule has 1 saturated carbocycles. The van der Waals surface area contributed by atoms with Gasteiger partial charge in [-0.15, -0.1) is 0 Å². The van der Waals surface area contributed by atoms with Crippen LogP contribution in [0.3, 0.4) is 0 Å². The van der Waals surface area contributed by atoms with Gasteiger partial charge in [-0.05, 0) is 66.8 Å². The van der Waals surface area contributed by atoms with Crippen LogP contribution >= 0.6 is 23.2 Å². The molecule has 1 N–H and O–H groups in total. The van der Waals surface area contributed by atoms with Gasteiger partial charge in [-0.25, -0.2) is 0 Å². The number of halogens is 2. The van der Waals surface area contributed by atoms with Crippen molar-refractivity contribution in [1.29, 1.82) is 0 Å². The summed E-state index contributed by atoms with van der Waals surface area (Å²) in [5.74, 6) is 0.510. The van der Waals surface area contributed by atoms with Gasteiger partial charge in [0.1, 0.15) is 11.8 Å². The van der Waals surface area contributed by atoms with Crippen LogP contribution in [0.4, 0.5) is 0 Å². The first-order valence-corrected chi connectivity index (χ1v) is 14.0. The van der Waals surface area contributed by atoms with Crippen LogP contribution in [0.1, 0.15) is 49.7 Å². The van der Waals surface area contributed by atoms with E-state index in [4.69, 9.17) is 27.9 Å². The second kappa shape index (κ2) is 14.2. The highest BCUT2D eigenvalue weighted by Gasteiger charge is 2.32. The van der Waals surface area contributed by atoms with Gasteiger partial charge in [-0.1, -0.05) is 78.5 Å². The maximum Gasteiger partial charge on any atom is 0.243 e. The number of nitrogens with one attached hydrogen (secondary N) is 1. The Morgan fingerprint density at radius 2 is 1.61 bits per heavy atom. The Morgan fingerprint density at radius 3 is 2.32 bits per heavy atom. The minimum Gasteiger partial charge on any atom is -0.494 e. The Morgan fingerprint density at radius 1 is 0.895 bits per heavy atom. The van der Waals surface area contributed by atoms with Crippen LogP contribution in [-0.4, -0.2) is 35.4 Å². The lowest BCUT2D eigenvalue weighted by molar-refractivity contribution is -0.141. The van der Waals surface area contributed by atoms with Crippen molar-refractivity contribution in [3.8, 4) is 5.75 Å². The highest BCUT2D eigenvalue weighted by atomic mass is 35.5. The molecule has 0 aliphatic heterocycles. The average molecular weight is 554 g/mol. The summed E-state index contributed by atoms with van der Waals surface area (Å²) >= 11 is 12.2. The van der Waals surface area contributed by atoms with Crippen molar-refractivity contribution in [2.24, 2.45) is 0 Å². The normalized spacial score (nSPS) is 14.2. The predicted octanol–water partition coefficient (Wildman–Crippen LogP) is 6.85. The molecule has 200 valence electrons. The van der Waals surface area contributed by atoms with Crippen LogP contribution in [-0.2, 0) is 22.6 Å². The molecule has 0 radical (unpaired) electrons. The second-order valence-electron chi connectivity index (χ2n) is 9.75. The molecule has 3 aromatic rings. The molecule has 1 aliphatic carbocycles. The maximum atomic E-state index is 13.7. The van der Waals surface area contributed by atoms with E-state index in [0.29, 0.717) is 41.8 Å². The van der Waals surface area contributed by atoms with Gasteiger partial charge in [0, 0.05) is 35.5 Å². The highest BCUT2D eigenvalue weighted by Crippen LogP contribution is 2.22. The summed E-state index contributed by atoms with van der Waals surface area (Å²) in [6.07, 6.45) is 5.42. The third-order valence-corrected chi connectivity index (χ3v) is 7.32. The summed E-state index contributed by atoms with van der Waals surface area (Å²) in [4.78, 5) is 29.1. The van der Waals surface area contributed by atoms with E-state index in [1.807, 2.05) is 48.5 Å². The van der Waals surface area contributed by atoms with Crippen molar-refractivity contribution >= 4 is 35.0 Å². The minimum atomic E-state index is -0.637. The molecule has 0 saturated heterocycles. The molecular formula is C31H34Cl2N2O3. The third kappa shape index (κ3) is 8.50. The zero-order valence-electron chi connectivity index (χ0n) is 21.5. The monoisotopic (exact) mass is 552 g/mol. The van der Waals surface area contributed by atoms with E-state index >= 15 is 0 Å². The molecule has 4 rings (SSSR count). The lowest BCUT2D eigenvalue weighted by atomic mass is 10.0. The summed E-state index contributed by atoms with van der Waals surface area (Å²) in [5.41, 5.74) is 1.89. The van der Waals surface area contributed by atoms with E-state index in [1.165, 1.54) is 0 Å². The lowest BCUT2D eigenvalue weighted by Crippen LogP contribution is -2.52. The molecule has 3 aromatic carbocycles. The summed E-state index contributed by atoms with van der Waals surface area (Å²) in [7, 11) is 0. The molecule has 1 fully saturated rings. The Balaban J connectivity index is 1.51. The Bertz CT molecular complexity index is 1180. The van der Waals surface area contributed by atoms with Crippen molar-refractivity contribution in [1.82, 2.24) is 10.2 Å². The SMILES string of the molecule is O=C(NC1CCCC1)[C@H](Cc1ccccc1)N(Cc1cccc(Cl)c1)C(=O)CCCOc1ccc(Cl)cc1. The van der Waals surface area contributed by atoms with Crippen molar-refractivity contribution in [2.75, 3.05) is 6.61 Å². The summed E-state index contributed by atoms with van der Waals surface area (Å²) in [6, 6.07) is 24.0. The predicted molar refractivity (Wildman–Crippen MR) is 153 cm³/mol. The van der Waals surface area contributed by atoms with Crippen molar-refractivity contribution in [3.63, 3.8) is 0 Å². The molecule has 2 amide bonds. The van der Waals surface area contributed by atoms with Crippen LogP contribution in [0.25, 0.3) is 0 Å². The number of rotatable bonds is 12. The van der Waals surface area contributed by atoms with E-state index in [2.05, 4.69) is 5.32 Å². The Hall–Kier alpha value is -3.02. The first kappa shape index (κ1) is 28.0. The van der Waals surface area contributed by atoms with E-state index in [9.17, 15) is 9.59 Å². The van der Waals surface area contributed by atoms with Gasteiger partial charge in [0.25, 0.3) is 0 Å². The van der Waals surface area contributed by atoms with Crippen molar-refractivity contribution < 1.29 is 14.3 Å². The van der Waals surface area contributed by atoms with Gasteiger partial charge in [-0.3, -0.25) is 9.59 Å². The number of hydrogen-bond donors (Lipinski definition) is 1. The quantitative estimate of drug-likeness (QED) is 0.250. The van der Waals surface area contributed by atoms with Gasteiger partial charge < -0.3 is 15.0 Å². The topological polar surface area (TPSA) is 58.6 Å². The number of carbonyl (C=O) groups is 2. The van der Waals surface area contributed by atoms with Crippen molar-refractivity contribution in [2.45, 2.75) is 63.6 Å². The van der Waals surface area contributed by atoms with Gasteiger partial charge in [0.2, 0.25) is 11.8 Å². The van der Waals surface area contributed by atoms with Crippen molar-refractivity contribution in [3.05, 3.63) is 100 Å². The molecule has 0 heterocycles. The van der Waals surface area contributed by atoms with E-state index in [1.54, 1.807) is 35.2 Å². The Labute approximate surface area is 235 Å². The summed E-state index contributed by atoms with van der Waals surface area (Å²) in [5, 5.41) is 4.47. The zero-order chi connectivity index (χ0) is 26.7. The number of nitrogens with zero attached hydrogens (tertiary/aromatic N) is 1. The molecule has 1 aliphatic rings. The number of amides is 2. The summed E-state index contributed by atoms with van der Waals surface area (Å²) < 4.78 is 5.79. The number of hydrogen-bond acceptors (Lipinski definition) is 3. The zero-order valence-corrected chi connectivity index (χ0v) is 23.0. The van der Waals surface area contributed by atoms with Gasteiger partial charge in [-0.2, -0.15) is 0 Å². The number of carbonyl (C=O) groups excluding carboxylic acids is 2. The highest BCUT2D eigenvalue weighted by molar-refractivity contribution is 6.30. The van der Waals surface area contributed by atoms with Crippen LogP contribution in [0.15, 0.2) is 78.9 Å². The molecule has 38 heavy (non-hydrogen) atoms. The van der Waals surface area contributed by atoms with Gasteiger partial charge in [0.15, 0.2) is 0 Å². The van der Waals surface area contributed by atoms with Gasteiger partial charge >= 0.3 is 0 Å². The molecule has 1 atom stereocenters. The molecule has 7 heteroatoms. The van der Waals surface area contributed by atoms with E-state index in [0.717, 1.165) is 36.8 Å². The molecule has 0 unspecified atom stereocenters. The fourth-order valence-corrected chi connectivity index (χ4v) is 5.18. The minimum absolute atomic E-state index is 0.0906. The molecule has 0 aromatic heterocycles. The largest absolute Gasteiger partial charge is 0.494 e. The van der Waals surface area contributed by atoms with Gasteiger partial charge in [0.05, 0.1) is 6.61 Å². The molecule has 0 spiro atoms. The molecular weight excluding hydrogens is 519 g/mol. The number of benzene rings is 3. The van der Waals surface area contributed by atoms with E-state index < -0.39 is 6.04 Å². The maximum absolute atomic E-state index is 13.7. The number of ether oxygens (including phenoxy) is 1. The second-order valence-corrected chi connectivity index (χ2v) is 10.6. The first-order valence-electron chi connectivity index (χ1n) is 13.2. The lowest BCUT2D eigenvalue weighted by Gasteiger charge is -2.32. The van der Waals surface area contributed by atoms with E-state index in [-0.39, 0.29) is 24.3 Å². The first-order chi connectivity index (χ1) is 18.5. The fourth-order valence-electron chi connectivity index (χ4n) is 4.84.